The van der Waals surface area contributed by atoms with Crippen LogP contribution in [0.25, 0.3) is 0 Å². The number of nitrogens with zero attached hydrogens (tertiary/aromatic N) is 1. The molecule has 11 heteroatoms. The highest BCUT2D eigenvalue weighted by atomic mass is 35.5. The predicted molar refractivity (Wildman–Crippen MR) is 95.3 cm³/mol. The molecule has 1 unspecified atom stereocenters. The molecule has 1 saturated carbocycles. The molecule has 0 heterocycles. The van der Waals surface area contributed by atoms with Crippen LogP contribution in [0.4, 0.5) is 0 Å². The van der Waals surface area contributed by atoms with Crippen molar-refractivity contribution >= 4 is 27.5 Å². The summed E-state index contributed by atoms with van der Waals surface area (Å²) in [5.41, 5.74) is -2.05. The first kappa shape index (κ1) is 20.5. The van der Waals surface area contributed by atoms with Crippen molar-refractivity contribution in [1.82, 2.24) is 10.0 Å². The summed E-state index contributed by atoms with van der Waals surface area (Å²) in [6.07, 6.45) is 8.02. The fourth-order valence-electron chi connectivity index (χ4n) is 3.02. The number of hydrogen-bond acceptors (Lipinski definition) is 6. The summed E-state index contributed by atoms with van der Waals surface area (Å²) in [6, 6.07) is 0. The van der Waals surface area contributed by atoms with E-state index >= 15 is 0 Å². The SMILES string of the molecule is CS(=O)(=O)NC1=CC(NC(=O)CCl)([N+](=O)[O-])CC=C1OC1CCCCC1. The highest BCUT2D eigenvalue weighted by Crippen LogP contribution is 2.30. The van der Waals surface area contributed by atoms with Crippen LogP contribution in [0.1, 0.15) is 38.5 Å². The number of hydrogen-bond donors (Lipinski definition) is 2. The Morgan fingerprint density at radius 1 is 1.42 bits per heavy atom. The lowest BCUT2D eigenvalue weighted by Gasteiger charge is -2.30. The van der Waals surface area contributed by atoms with E-state index in [2.05, 4.69) is 10.0 Å². The molecule has 0 aromatic heterocycles. The molecular weight excluding hydrogens is 386 g/mol. The number of nitro groups is 1. The molecule has 1 fully saturated rings. The summed E-state index contributed by atoms with van der Waals surface area (Å²) < 4.78 is 31.5. The van der Waals surface area contributed by atoms with Gasteiger partial charge in [-0.15, -0.1) is 11.6 Å². The number of alkyl halides is 1. The van der Waals surface area contributed by atoms with E-state index < -0.39 is 32.4 Å². The molecule has 2 aliphatic rings. The molecule has 26 heavy (non-hydrogen) atoms. The van der Waals surface area contributed by atoms with E-state index in [-0.39, 0.29) is 24.0 Å². The van der Waals surface area contributed by atoms with Crippen LogP contribution in [0, 0.1) is 10.1 Å². The van der Waals surface area contributed by atoms with Gasteiger partial charge >= 0.3 is 5.66 Å². The van der Waals surface area contributed by atoms with Crippen molar-refractivity contribution in [2.75, 3.05) is 12.1 Å². The average Bonchev–Trinajstić information content (AvgIpc) is 2.56. The van der Waals surface area contributed by atoms with Crippen molar-refractivity contribution in [3.8, 4) is 0 Å². The summed E-state index contributed by atoms with van der Waals surface area (Å²) >= 11 is 5.43. The van der Waals surface area contributed by atoms with Crippen molar-refractivity contribution in [2.45, 2.75) is 50.3 Å². The van der Waals surface area contributed by atoms with Gasteiger partial charge in [0.15, 0.2) is 0 Å². The maximum atomic E-state index is 11.7. The Morgan fingerprint density at radius 2 is 2.08 bits per heavy atom. The van der Waals surface area contributed by atoms with Gasteiger partial charge in [0.1, 0.15) is 11.6 Å². The summed E-state index contributed by atoms with van der Waals surface area (Å²) in [6.45, 7) is 0. The van der Waals surface area contributed by atoms with Gasteiger partial charge in [0.2, 0.25) is 15.9 Å². The topological polar surface area (TPSA) is 128 Å². The molecule has 146 valence electrons. The minimum Gasteiger partial charge on any atom is -0.489 e. The average molecular weight is 408 g/mol. The zero-order chi connectivity index (χ0) is 19.4. The van der Waals surface area contributed by atoms with E-state index in [9.17, 15) is 23.3 Å². The Labute approximate surface area is 157 Å². The number of halogens is 1. The first-order chi connectivity index (χ1) is 12.1. The van der Waals surface area contributed by atoms with E-state index in [0.717, 1.165) is 44.4 Å². The monoisotopic (exact) mass is 407 g/mol. The molecule has 1 atom stereocenters. The molecule has 0 aromatic rings. The Morgan fingerprint density at radius 3 is 2.62 bits per heavy atom. The van der Waals surface area contributed by atoms with E-state index in [4.69, 9.17) is 16.3 Å². The number of carbonyl (C=O) groups is 1. The van der Waals surface area contributed by atoms with Crippen LogP contribution in [-0.4, -0.2) is 43.2 Å². The maximum absolute atomic E-state index is 11.7. The first-order valence-corrected chi connectivity index (χ1v) is 10.7. The van der Waals surface area contributed by atoms with Crippen LogP contribution in [0.15, 0.2) is 23.6 Å². The zero-order valence-electron chi connectivity index (χ0n) is 14.4. The van der Waals surface area contributed by atoms with Gasteiger partial charge in [-0.05, 0) is 31.8 Å². The highest BCUT2D eigenvalue weighted by Gasteiger charge is 2.45. The summed E-state index contributed by atoms with van der Waals surface area (Å²) in [5, 5.41) is 13.8. The summed E-state index contributed by atoms with van der Waals surface area (Å²) in [5.74, 6) is -0.948. The second-order valence-electron chi connectivity index (χ2n) is 6.45. The molecule has 0 radical (unpaired) electrons. The third kappa shape index (κ3) is 5.34. The number of ether oxygens (including phenoxy) is 1. The molecule has 1 amide bonds. The molecule has 2 aliphatic carbocycles. The van der Waals surface area contributed by atoms with E-state index in [1.807, 2.05) is 0 Å². The largest absolute Gasteiger partial charge is 0.489 e. The van der Waals surface area contributed by atoms with E-state index in [1.54, 1.807) is 0 Å². The van der Waals surface area contributed by atoms with Crippen molar-refractivity contribution in [1.29, 1.82) is 0 Å². The van der Waals surface area contributed by atoms with Crippen LogP contribution in [0.2, 0.25) is 0 Å². The van der Waals surface area contributed by atoms with Gasteiger partial charge in [0.05, 0.1) is 29.4 Å². The number of amides is 1. The van der Waals surface area contributed by atoms with Crippen molar-refractivity contribution in [3.63, 3.8) is 0 Å². The van der Waals surface area contributed by atoms with Crippen LogP contribution in [-0.2, 0) is 19.6 Å². The highest BCUT2D eigenvalue weighted by molar-refractivity contribution is 7.88. The molecular formula is C15H22ClN3O6S. The summed E-state index contributed by atoms with van der Waals surface area (Å²) in [4.78, 5) is 22.5. The van der Waals surface area contributed by atoms with Gasteiger partial charge in [-0.2, -0.15) is 0 Å². The van der Waals surface area contributed by atoms with Gasteiger partial charge in [0, 0.05) is 6.08 Å². The van der Waals surface area contributed by atoms with E-state index in [0.29, 0.717) is 0 Å². The van der Waals surface area contributed by atoms with Gasteiger partial charge in [-0.25, -0.2) is 8.42 Å². The molecule has 0 bridgehead atoms. The maximum Gasteiger partial charge on any atom is 0.321 e. The number of carbonyl (C=O) groups excluding carboxylic acids is 1. The van der Waals surface area contributed by atoms with E-state index in [1.165, 1.54) is 6.08 Å². The minimum atomic E-state index is -3.71. The molecule has 0 aromatic carbocycles. The van der Waals surface area contributed by atoms with Crippen molar-refractivity contribution < 1.29 is 22.9 Å². The van der Waals surface area contributed by atoms with Crippen molar-refractivity contribution in [2.24, 2.45) is 0 Å². The smallest absolute Gasteiger partial charge is 0.321 e. The molecule has 2 rings (SSSR count). The van der Waals surface area contributed by atoms with Crippen molar-refractivity contribution in [3.05, 3.63) is 33.7 Å². The third-order valence-corrected chi connectivity index (χ3v) is 5.02. The molecule has 9 nitrogen and oxygen atoms in total. The fourth-order valence-corrected chi connectivity index (χ4v) is 3.64. The first-order valence-electron chi connectivity index (χ1n) is 8.24. The predicted octanol–water partition coefficient (Wildman–Crippen LogP) is 1.38. The van der Waals surface area contributed by atoms with Crippen LogP contribution in [0.3, 0.4) is 0 Å². The standard InChI is InChI=1S/C15H22ClN3O6S/c1-26(23,24)18-12-9-15(19(21)22,17-14(20)10-16)8-7-13(12)25-11-5-3-2-4-6-11/h7,9,11,18H,2-6,8,10H2,1H3,(H,17,20). The second kappa shape index (κ2) is 8.26. The van der Waals surface area contributed by atoms with Gasteiger partial charge < -0.3 is 4.74 Å². The van der Waals surface area contributed by atoms with Crippen LogP contribution >= 0.6 is 11.6 Å². The van der Waals surface area contributed by atoms with Crippen LogP contribution in [0.5, 0.6) is 0 Å². The Hall–Kier alpha value is -1.81. The lowest BCUT2D eigenvalue weighted by atomic mass is 9.96. The number of rotatable bonds is 7. The number of sulfonamides is 1. The summed E-state index contributed by atoms with van der Waals surface area (Å²) in [7, 11) is -3.71. The fraction of sp³-hybridized carbons (Fsp3) is 0.667. The second-order valence-corrected chi connectivity index (χ2v) is 8.46. The molecule has 0 aliphatic heterocycles. The molecule has 0 saturated heterocycles. The number of nitrogens with one attached hydrogen (secondary N) is 2. The lowest BCUT2D eigenvalue weighted by molar-refractivity contribution is -0.560. The normalized spacial score (nSPS) is 24.2. The Balaban J connectivity index is 2.32. The zero-order valence-corrected chi connectivity index (χ0v) is 15.9. The molecule has 0 spiro atoms. The van der Waals surface area contributed by atoms with Gasteiger partial charge in [-0.1, -0.05) is 6.42 Å². The quantitative estimate of drug-likeness (QED) is 0.284. The molecule has 2 N–H and O–H groups in total. The lowest BCUT2D eigenvalue weighted by Crippen LogP contribution is -2.55. The van der Waals surface area contributed by atoms with Gasteiger partial charge in [0.25, 0.3) is 0 Å². The van der Waals surface area contributed by atoms with Crippen LogP contribution < -0.4 is 10.0 Å². The van der Waals surface area contributed by atoms with Gasteiger partial charge in [-0.3, -0.25) is 24.9 Å². The minimum absolute atomic E-state index is 0.0594. The Bertz CT molecular complexity index is 730. The Kier molecular flexibility index (Phi) is 6.51. The third-order valence-electron chi connectivity index (χ3n) is 4.19.